The summed E-state index contributed by atoms with van der Waals surface area (Å²) in [5.74, 6) is 1.39. The summed E-state index contributed by atoms with van der Waals surface area (Å²) >= 11 is 0.583. The van der Waals surface area contributed by atoms with E-state index >= 15 is 0 Å². The Labute approximate surface area is 153 Å². The van der Waals surface area contributed by atoms with Crippen molar-refractivity contribution in [3.05, 3.63) is 41.5 Å². The molecule has 25 heavy (non-hydrogen) atoms. The first kappa shape index (κ1) is 18.5. The summed E-state index contributed by atoms with van der Waals surface area (Å²) in [6.07, 6.45) is 6.50. The Morgan fingerprint density at radius 2 is 2.00 bits per heavy atom. The minimum Gasteiger partial charge on any atom is -0.399 e. The van der Waals surface area contributed by atoms with Gasteiger partial charge in [-0.05, 0) is 71.0 Å². The molecule has 2 aliphatic carbocycles. The Morgan fingerprint density at radius 3 is 2.80 bits per heavy atom. The van der Waals surface area contributed by atoms with Crippen LogP contribution in [0, 0.1) is 5.41 Å². The van der Waals surface area contributed by atoms with Gasteiger partial charge in [0.15, 0.2) is 0 Å². The SMILES string of the molecule is CC.CC12CCCC1c1ccc3cc(OSOOO)ccc3c1CC2. The highest BCUT2D eigenvalue weighted by Gasteiger charge is 2.43. The molecule has 2 unspecified atom stereocenters. The Balaban J connectivity index is 0.000000880. The average molecular weight is 362 g/mol. The van der Waals surface area contributed by atoms with Crippen molar-refractivity contribution < 1.29 is 18.8 Å². The third kappa shape index (κ3) is 3.51. The molecule has 0 aromatic heterocycles. The van der Waals surface area contributed by atoms with Crippen molar-refractivity contribution in [3.63, 3.8) is 0 Å². The molecule has 0 heterocycles. The van der Waals surface area contributed by atoms with E-state index in [1.54, 1.807) is 5.56 Å². The quantitative estimate of drug-likeness (QED) is 0.293. The third-order valence-corrected chi connectivity index (χ3v) is 6.11. The molecule has 136 valence electrons. The monoisotopic (exact) mass is 362 g/mol. The van der Waals surface area contributed by atoms with Crippen molar-refractivity contribution in [2.75, 3.05) is 0 Å². The van der Waals surface area contributed by atoms with Gasteiger partial charge in [-0.3, -0.25) is 0 Å². The maximum Gasteiger partial charge on any atom is 0.261 e. The smallest absolute Gasteiger partial charge is 0.261 e. The summed E-state index contributed by atoms with van der Waals surface area (Å²) in [4.78, 5) is 0. The fourth-order valence-corrected chi connectivity index (χ4v) is 4.82. The minimum atomic E-state index is 0.502. The van der Waals surface area contributed by atoms with Crippen molar-refractivity contribution in [3.8, 4) is 5.75 Å². The zero-order valence-electron chi connectivity index (χ0n) is 15.1. The molecule has 0 amide bonds. The lowest BCUT2D eigenvalue weighted by Gasteiger charge is -2.38. The number of hydrogen-bond donors (Lipinski definition) is 1. The fraction of sp³-hybridized carbons (Fsp3) is 0.500. The topological polar surface area (TPSA) is 47.9 Å². The molecule has 1 fully saturated rings. The predicted octanol–water partition coefficient (Wildman–Crippen LogP) is 6.45. The molecule has 1 saturated carbocycles. The molecule has 4 rings (SSSR count). The van der Waals surface area contributed by atoms with Crippen molar-refractivity contribution in [2.24, 2.45) is 5.41 Å². The minimum absolute atomic E-state index is 0.502. The second-order valence-corrected chi connectivity index (χ2v) is 7.35. The normalized spacial score (nSPS) is 24.2. The van der Waals surface area contributed by atoms with Crippen LogP contribution in [0.2, 0.25) is 0 Å². The van der Waals surface area contributed by atoms with Gasteiger partial charge in [-0.15, -0.1) is 0 Å². The van der Waals surface area contributed by atoms with Crippen LogP contribution < -0.4 is 4.18 Å². The summed E-state index contributed by atoms with van der Waals surface area (Å²) < 4.78 is 9.54. The zero-order valence-corrected chi connectivity index (χ0v) is 15.9. The Bertz CT molecular complexity index is 733. The summed E-state index contributed by atoms with van der Waals surface area (Å²) in [5, 5.41) is 14.1. The maximum absolute atomic E-state index is 8.12. The molecular weight excluding hydrogens is 336 g/mol. The van der Waals surface area contributed by atoms with Gasteiger partial charge in [0.1, 0.15) is 5.75 Å². The van der Waals surface area contributed by atoms with Gasteiger partial charge in [-0.25, -0.2) is 5.26 Å². The van der Waals surface area contributed by atoms with Crippen LogP contribution in [0.4, 0.5) is 0 Å². The predicted molar refractivity (Wildman–Crippen MR) is 101 cm³/mol. The summed E-state index contributed by atoms with van der Waals surface area (Å²) in [6.45, 7) is 6.47. The van der Waals surface area contributed by atoms with Crippen LogP contribution in [0.15, 0.2) is 30.3 Å². The Morgan fingerprint density at radius 1 is 1.16 bits per heavy atom. The standard InChI is InChI=1S/C18H20O4S.C2H6/c1-18-9-2-3-17(18)16-6-4-12-11-13(20-23-22-21-19)5-7-14(12)15(16)8-10-18;1-2/h4-7,11,17,19H,2-3,8-10H2,1H3;1-2H3. The van der Waals surface area contributed by atoms with E-state index in [4.69, 9.17) is 9.44 Å². The largest absolute Gasteiger partial charge is 0.399 e. The molecular formula is C20H26O4S. The van der Waals surface area contributed by atoms with Crippen LogP contribution in [0.25, 0.3) is 10.8 Å². The van der Waals surface area contributed by atoms with Gasteiger partial charge < -0.3 is 4.18 Å². The molecule has 2 aliphatic rings. The fourth-order valence-electron chi connectivity index (χ4n) is 4.59. The summed E-state index contributed by atoms with van der Waals surface area (Å²) in [6, 6.07) is 10.6. The van der Waals surface area contributed by atoms with E-state index in [1.165, 1.54) is 42.0 Å². The lowest BCUT2D eigenvalue weighted by molar-refractivity contribution is -0.433. The van der Waals surface area contributed by atoms with Crippen LogP contribution >= 0.6 is 12.3 Å². The second-order valence-electron chi connectivity index (χ2n) is 6.91. The molecule has 5 heteroatoms. The summed E-state index contributed by atoms with van der Waals surface area (Å²) in [7, 11) is 0. The molecule has 0 spiro atoms. The lowest BCUT2D eigenvalue weighted by Crippen LogP contribution is -2.26. The maximum atomic E-state index is 8.12. The van der Waals surface area contributed by atoms with E-state index in [0.29, 0.717) is 23.5 Å². The van der Waals surface area contributed by atoms with Gasteiger partial charge >= 0.3 is 0 Å². The van der Waals surface area contributed by atoms with E-state index < -0.39 is 0 Å². The second kappa shape index (κ2) is 7.96. The average Bonchev–Trinajstić information content (AvgIpc) is 3.05. The van der Waals surface area contributed by atoms with E-state index in [0.717, 1.165) is 12.3 Å². The van der Waals surface area contributed by atoms with Gasteiger partial charge in [0.05, 0.1) is 0 Å². The molecule has 2 atom stereocenters. The first-order valence-corrected chi connectivity index (χ1v) is 9.75. The van der Waals surface area contributed by atoms with Crippen molar-refractivity contribution in [2.45, 2.75) is 58.8 Å². The molecule has 2 aromatic rings. The van der Waals surface area contributed by atoms with E-state index in [2.05, 4.69) is 34.5 Å². The van der Waals surface area contributed by atoms with Crippen molar-refractivity contribution in [1.82, 2.24) is 0 Å². The highest BCUT2D eigenvalue weighted by atomic mass is 32.2. The molecule has 4 nitrogen and oxygen atoms in total. The molecule has 0 bridgehead atoms. The zero-order chi connectivity index (χ0) is 17.9. The molecule has 0 saturated heterocycles. The Kier molecular flexibility index (Phi) is 5.89. The number of rotatable bonds is 4. The van der Waals surface area contributed by atoms with Crippen LogP contribution in [0.1, 0.15) is 63.5 Å². The number of hydrogen-bond acceptors (Lipinski definition) is 5. The van der Waals surface area contributed by atoms with E-state index in [1.807, 2.05) is 26.0 Å². The van der Waals surface area contributed by atoms with Crippen molar-refractivity contribution in [1.29, 1.82) is 0 Å². The number of benzene rings is 2. The third-order valence-electron chi connectivity index (χ3n) is 5.73. The Hall–Kier alpha value is -1.27. The lowest BCUT2D eigenvalue weighted by atomic mass is 9.66. The van der Waals surface area contributed by atoms with Gasteiger partial charge in [-0.1, -0.05) is 54.8 Å². The van der Waals surface area contributed by atoms with Crippen LogP contribution in [0.3, 0.4) is 0 Å². The van der Waals surface area contributed by atoms with Gasteiger partial charge in [0.2, 0.25) is 0 Å². The first-order valence-electron chi connectivity index (χ1n) is 9.08. The molecule has 1 N–H and O–H groups in total. The molecule has 0 aliphatic heterocycles. The summed E-state index contributed by atoms with van der Waals surface area (Å²) in [5.41, 5.74) is 3.58. The number of aryl methyl sites for hydroxylation is 1. The highest BCUT2D eigenvalue weighted by Crippen LogP contribution is 2.56. The molecule has 2 aromatic carbocycles. The van der Waals surface area contributed by atoms with E-state index in [9.17, 15) is 0 Å². The van der Waals surface area contributed by atoms with E-state index in [-0.39, 0.29) is 0 Å². The number of fused-ring (bicyclic) bond motifs is 5. The molecule has 0 radical (unpaired) electrons. The van der Waals surface area contributed by atoms with Gasteiger partial charge in [0.25, 0.3) is 12.3 Å². The van der Waals surface area contributed by atoms with Gasteiger partial charge in [-0.2, -0.15) is 0 Å². The van der Waals surface area contributed by atoms with Crippen LogP contribution in [0.5, 0.6) is 5.75 Å². The van der Waals surface area contributed by atoms with Crippen LogP contribution in [-0.4, -0.2) is 5.26 Å². The van der Waals surface area contributed by atoms with Crippen LogP contribution in [-0.2, 0) is 15.8 Å². The highest BCUT2D eigenvalue weighted by molar-refractivity contribution is 7.90. The first-order chi connectivity index (χ1) is 12.2. The van der Waals surface area contributed by atoms with Gasteiger partial charge in [0, 0.05) is 0 Å². The van der Waals surface area contributed by atoms with Crippen molar-refractivity contribution >= 4 is 23.1 Å².